The van der Waals surface area contributed by atoms with E-state index in [1.54, 1.807) is 24.3 Å². The first-order valence-corrected chi connectivity index (χ1v) is 13.7. The number of rotatable bonds is 11. The number of allylic oxidation sites excluding steroid dienone is 1. The Labute approximate surface area is 219 Å². The van der Waals surface area contributed by atoms with E-state index in [2.05, 4.69) is 20.7 Å². The van der Waals surface area contributed by atoms with Gasteiger partial charge < -0.3 is 14.4 Å². The third-order valence-corrected chi connectivity index (χ3v) is 9.42. The Bertz CT molecular complexity index is 1050. The summed E-state index contributed by atoms with van der Waals surface area (Å²) in [4.78, 5) is 51.2. The van der Waals surface area contributed by atoms with Crippen molar-refractivity contribution >= 4 is 62.0 Å². The second-order valence-electron chi connectivity index (χ2n) is 8.41. The Morgan fingerprint density at radius 2 is 1.97 bits per heavy atom. The molecule has 5 unspecified atom stereocenters. The largest absolute Gasteiger partial charge is 0.466 e. The van der Waals surface area contributed by atoms with Crippen LogP contribution < -0.4 is 0 Å². The third-order valence-electron chi connectivity index (χ3n) is 6.21. The van der Waals surface area contributed by atoms with Gasteiger partial charge in [-0.05, 0) is 25.0 Å². The molecule has 0 spiro atoms. The van der Waals surface area contributed by atoms with Crippen molar-refractivity contribution in [1.82, 2.24) is 4.90 Å². The Balaban J connectivity index is 1.76. The van der Waals surface area contributed by atoms with Crippen molar-refractivity contribution < 1.29 is 32.9 Å². The monoisotopic (exact) mass is 587 g/mol. The molecular weight excluding hydrogens is 562 g/mol. The molecule has 0 N–H and O–H groups in total. The van der Waals surface area contributed by atoms with Crippen molar-refractivity contribution in [2.24, 2.45) is 5.92 Å². The van der Waals surface area contributed by atoms with Crippen molar-refractivity contribution in [3.63, 3.8) is 0 Å². The highest BCUT2D eigenvalue weighted by molar-refractivity contribution is 9.10. The SMILES string of the molecule is CCCCS(=O)C1(Cl)CC2C(C/C=C/C(=O)OC)C(=O)N2C1C(=O)OCC(=O)c1ccc(Br)cc1. The van der Waals surface area contributed by atoms with Crippen LogP contribution in [0.4, 0.5) is 0 Å². The molecule has 3 rings (SSSR count). The summed E-state index contributed by atoms with van der Waals surface area (Å²) in [6.45, 7) is 1.43. The molecule has 0 aliphatic carbocycles. The number of alkyl halides is 1. The fourth-order valence-electron chi connectivity index (χ4n) is 4.32. The lowest BCUT2D eigenvalue weighted by atomic mass is 9.85. The van der Waals surface area contributed by atoms with Crippen LogP contribution in [0.2, 0.25) is 0 Å². The summed E-state index contributed by atoms with van der Waals surface area (Å²) in [7, 11) is -0.367. The first-order valence-electron chi connectivity index (χ1n) is 11.2. The van der Waals surface area contributed by atoms with Gasteiger partial charge in [-0.2, -0.15) is 0 Å². The highest BCUT2D eigenvalue weighted by atomic mass is 79.9. The Morgan fingerprint density at radius 1 is 1.29 bits per heavy atom. The summed E-state index contributed by atoms with van der Waals surface area (Å²) < 4.78 is 22.3. The second-order valence-corrected chi connectivity index (χ2v) is 12.1. The molecule has 0 saturated carbocycles. The third kappa shape index (κ3) is 5.86. The highest BCUT2D eigenvalue weighted by Gasteiger charge is 2.67. The number of esters is 2. The fourth-order valence-corrected chi connectivity index (χ4v) is 6.87. The van der Waals surface area contributed by atoms with Crippen molar-refractivity contribution in [3.05, 3.63) is 46.5 Å². The number of amides is 1. The summed E-state index contributed by atoms with van der Waals surface area (Å²) >= 11 is 10.2. The number of ether oxygens (including phenoxy) is 2. The van der Waals surface area contributed by atoms with Gasteiger partial charge in [0, 0.05) is 45.1 Å². The number of fused-ring (bicyclic) bond motifs is 1. The zero-order chi connectivity index (χ0) is 25.8. The number of benzene rings is 1. The van der Waals surface area contributed by atoms with Crippen LogP contribution in [0.5, 0.6) is 0 Å². The first kappa shape index (κ1) is 27.5. The standard InChI is InChI=1S/C24H27BrClNO7S/c1-3-4-12-35(32)24(26)13-18-17(6-5-7-20(29)33-2)22(30)27(18)21(24)23(31)34-14-19(28)15-8-10-16(25)11-9-15/h5,7-11,17-18,21H,3-4,6,12-14H2,1-2H3/b7-5+. The lowest BCUT2D eigenvalue weighted by Crippen LogP contribution is -2.63. The number of carbonyl (C=O) groups excluding carboxylic acids is 4. The Hall–Kier alpha value is -2.04. The molecule has 1 aromatic rings. The lowest BCUT2D eigenvalue weighted by molar-refractivity contribution is -0.165. The number of ketones is 1. The molecule has 0 radical (unpaired) electrons. The summed E-state index contributed by atoms with van der Waals surface area (Å²) in [6.07, 6.45) is 4.62. The van der Waals surface area contributed by atoms with Gasteiger partial charge in [0.1, 0.15) is 0 Å². The zero-order valence-corrected chi connectivity index (χ0v) is 22.6. The van der Waals surface area contributed by atoms with E-state index in [0.29, 0.717) is 12.0 Å². The Kier molecular flexibility index (Phi) is 9.28. The molecule has 2 saturated heterocycles. The number of nitrogens with zero attached hydrogens (tertiary/aromatic N) is 1. The fraction of sp³-hybridized carbons (Fsp3) is 0.500. The van der Waals surface area contributed by atoms with Gasteiger partial charge in [-0.25, -0.2) is 9.59 Å². The Morgan fingerprint density at radius 3 is 2.60 bits per heavy atom. The van der Waals surface area contributed by atoms with E-state index in [1.165, 1.54) is 24.2 Å². The summed E-state index contributed by atoms with van der Waals surface area (Å²) in [5.41, 5.74) is 0.367. The summed E-state index contributed by atoms with van der Waals surface area (Å²) in [6, 6.07) is 4.91. The predicted octanol–water partition coefficient (Wildman–Crippen LogP) is 3.38. The normalized spacial score (nSPS) is 26.2. The molecule has 0 bridgehead atoms. The maximum atomic E-state index is 13.2. The molecule has 2 heterocycles. The van der Waals surface area contributed by atoms with Gasteiger partial charge in [0.15, 0.2) is 22.6 Å². The maximum Gasteiger partial charge on any atom is 0.332 e. The van der Waals surface area contributed by atoms with Gasteiger partial charge in [0.25, 0.3) is 0 Å². The molecule has 2 fully saturated rings. The number of halogens is 2. The second kappa shape index (κ2) is 11.8. The van der Waals surface area contributed by atoms with Gasteiger partial charge in [-0.15, -0.1) is 11.6 Å². The van der Waals surface area contributed by atoms with Gasteiger partial charge in [-0.1, -0.05) is 47.5 Å². The summed E-state index contributed by atoms with van der Waals surface area (Å²) in [5, 5.41) is 0. The highest BCUT2D eigenvalue weighted by Crippen LogP contribution is 2.51. The van der Waals surface area contributed by atoms with Crippen LogP contribution in [0.25, 0.3) is 0 Å². The number of unbranched alkanes of at least 4 members (excludes halogenated alkanes) is 1. The van der Waals surface area contributed by atoms with Crippen LogP contribution in [0.15, 0.2) is 40.9 Å². The van der Waals surface area contributed by atoms with Crippen molar-refractivity contribution in [2.45, 2.75) is 48.9 Å². The van der Waals surface area contributed by atoms with Crippen molar-refractivity contribution in [2.75, 3.05) is 19.5 Å². The van der Waals surface area contributed by atoms with Crippen LogP contribution in [0.3, 0.4) is 0 Å². The number of carbonyl (C=O) groups is 4. The van der Waals surface area contributed by atoms with E-state index in [-0.39, 0.29) is 24.5 Å². The first-order chi connectivity index (χ1) is 16.6. The van der Waals surface area contributed by atoms with Crippen LogP contribution in [0.1, 0.15) is 43.0 Å². The van der Waals surface area contributed by atoms with Crippen LogP contribution in [0, 0.1) is 5.92 Å². The number of Topliss-reactive ketones (excluding diaryl/α,β-unsaturated/α-hetero) is 1. The maximum absolute atomic E-state index is 13.2. The van der Waals surface area contributed by atoms with E-state index < -0.39 is 57.3 Å². The molecule has 8 nitrogen and oxygen atoms in total. The molecule has 1 aromatic carbocycles. The predicted molar refractivity (Wildman–Crippen MR) is 134 cm³/mol. The van der Waals surface area contributed by atoms with Crippen LogP contribution in [-0.4, -0.2) is 68.5 Å². The molecule has 2 aliphatic rings. The van der Waals surface area contributed by atoms with E-state index >= 15 is 0 Å². The summed E-state index contributed by atoms with van der Waals surface area (Å²) in [5.74, 6) is -2.35. The molecule has 0 aromatic heterocycles. The number of hydrogen-bond acceptors (Lipinski definition) is 7. The van der Waals surface area contributed by atoms with E-state index in [4.69, 9.17) is 16.3 Å². The molecule has 1 amide bonds. The molecular formula is C24H27BrClNO7S. The van der Waals surface area contributed by atoms with Crippen LogP contribution >= 0.6 is 27.5 Å². The molecule has 11 heteroatoms. The number of methoxy groups -OCH3 is 1. The van der Waals surface area contributed by atoms with Gasteiger partial charge in [0.05, 0.1) is 13.0 Å². The minimum atomic E-state index is -1.62. The van der Waals surface area contributed by atoms with E-state index in [0.717, 1.165) is 10.9 Å². The van der Waals surface area contributed by atoms with E-state index in [1.807, 2.05) is 6.92 Å². The van der Waals surface area contributed by atoms with Crippen molar-refractivity contribution in [1.29, 1.82) is 0 Å². The van der Waals surface area contributed by atoms with Crippen molar-refractivity contribution in [3.8, 4) is 0 Å². The van der Waals surface area contributed by atoms with Gasteiger partial charge in [-0.3, -0.25) is 13.8 Å². The van der Waals surface area contributed by atoms with Gasteiger partial charge in [0.2, 0.25) is 5.91 Å². The molecule has 190 valence electrons. The topological polar surface area (TPSA) is 107 Å². The zero-order valence-electron chi connectivity index (χ0n) is 19.4. The molecule has 2 aliphatic heterocycles. The van der Waals surface area contributed by atoms with Crippen LogP contribution in [-0.2, 0) is 34.7 Å². The average molecular weight is 589 g/mol. The molecule has 5 atom stereocenters. The minimum Gasteiger partial charge on any atom is -0.466 e. The van der Waals surface area contributed by atoms with Gasteiger partial charge >= 0.3 is 11.9 Å². The minimum absolute atomic E-state index is 0.147. The number of hydrogen-bond donors (Lipinski definition) is 0. The molecule has 35 heavy (non-hydrogen) atoms. The smallest absolute Gasteiger partial charge is 0.332 e. The quantitative estimate of drug-likeness (QED) is 0.128. The number of β-lactam (4-membered cyclic amide) rings is 1. The average Bonchev–Trinajstić information content (AvgIpc) is 3.14. The lowest BCUT2D eigenvalue weighted by Gasteiger charge is -2.44. The van der Waals surface area contributed by atoms with E-state index in [9.17, 15) is 23.4 Å².